The summed E-state index contributed by atoms with van der Waals surface area (Å²) in [6.45, 7) is 1.34. The summed E-state index contributed by atoms with van der Waals surface area (Å²) in [4.78, 5) is 10.5. The minimum Gasteiger partial charge on any atom is -0.369 e. The quantitative estimate of drug-likeness (QED) is 0.628. The van der Waals surface area contributed by atoms with Crippen LogP contribution in [-0.2, 0) is 4.79 Å². The smallest absolute Gasteiger partial charge is 0.231 e. The Morgan fingerprint density at radius 1 is 1.31 bits per heavy atom. The van der Waals surface area contributed by atoms with Crippen molar-refractivity contribution < 1.29 is 4.79 Å². The molecule has 2 fully saturated rings. The van der Waals surface area contributed by atoms with Crippen LogP contribution in [0.3, 0.4) is 0 Å². The zero-order valence-corrected chi connectivity index (χ0v) is 7.96. The molecule has 2 rings (SSSR count). The Labute approximate surface area is 79.1 Å². The van der Waals surface area contributed by atoms with Crippen LogP contribution < -0.4 is 11.1 Å². The average Bonchev–Trinajstić information content (AvgIpc) is 2.89. The number of nitrogens with two attached hydrogens (primary N) is 1. The number of carbonyl (C=O) groups is 1. The third kappa shape index (κ3) is 2.69. The number of nitrogens with one attached hydrogen (secondary N) is 1. The Kier molecular flexibility index (Phi) is 2.54. The molecule has 0 saturated heterocycles. The van der Waals surface area contributed by atoms with Gasteiger partial charge in [0.25, 0.3) is 0 Å². The van der Waals surface area contributed by atoms with Crippen LogP contribution in [0.4, 0.5) is 0 Å². The first kappa shape index (κ1) is 9.00. The Balaban J connectivity index is 1.67. The van der Waals surface area contributed by atoms with Gasteiger partial charge in [0.2, 0.25) is 5.91 Å². The van der Waals surface area contributed by atoms with Gasteiger partial charge in [-0.15, -0.1) is 0 Å². The Bertz CT molecular complexity index is 185. The van der Waals surface area contributed by atoms with Crippen LogP contribution in [0.25, 0.3) is 0 Å². The zero-order chi connectivity index (χ0) is 9.26. The van der Waals surface area contributed by atoms with E-state index in [0.717, 1.165) is 24.3 Å². The molecule has 0 aliphatic heterocycles. The van der Waals surface area contributed by atoms with Gasteiger partial charge in [0.15, 0.2) is 0 Å². The topological polar surface area (TPSA) is 55.1 Å². The molecule has 3 heteroatoms. The van der Waals surface area contributed by atoms with Crippen LogP contribution in [0.5, 0.6) is 0 Å². The predicted octanol–water partition coefficient (Wildman–Crippen LogP) is 0.497. The third-order valence-corrected chi connectivity index (χ3v) is 3.13. The molecular weight excluding hydrogens is 164 g/mol. The van der Waals surface area contributed by atoms with E-state index in [2.05, 4.69) is 5.32 Å². The molecule has 2 saturated carbocycles. The van der Waals surface area contributed by atoms with Gasteiger partial charge < -0.3 is 11.1 Å². The van der Waals surface area contributed by atoms with Crippen molar-refractivity contribution in [3.05, 3.63) is 0 Å². The van der Waals surface area contributed by atoms with E-state index in [1.807, 2.05) is 0 Å². The standard InChI is InChI=1S/C10H18N2O/c11-10(13)6-12-5-9(7-1-2-7)8-3-4-8/h7-9,12H,1-6H2,(H2,11,13). The summed E-state index contributed by atoms with van der Waals surface area (Å²) in [6.07, 6.45) is 5.61. The summed E-state index contributed by atoms with van der Waals surface area (Å²) in [5, 5.41) is 3.15. The molecule has 1 amide bonds. The van der Waals surface area contributed by atoms with E-state index in [4.69, 9.17) is 5.73 Å². The normalized spacial score (nSPS) is 22.2. The number of carbonyl (C=O) groups excluding carboxylic acids is 1. The van der Waals surface area contributed by atoms with Crippen molar-refractivity contribution in [2.75, 3.05) is 13.1 Å². The van der Waals surface area contributed by atoms with Gasteiger partial charge in [-0.2, -0.15) is 0 Å². The summed E-state index contributed by atoms with van der Waals surface area (Å²) in [6, 6.07) is 0. The van der Waals surface area contributed by atoms with Crippen LogP contribution in [0.2, 0.25) is 0 Å². The Hall–Kier alpha value is -0.570. The second-order valence-corrected chi connectivity index (χ2v) is 4.44. The molecule has 13 heavy (non-hydrogen) atoms. The van der Waals surface area contributed by atoms with E-state index in [9.17, 15) is 4.79 Å². The number of rotatable bonds is 6. The van der Waals surface area contributed by atoms with Crippen molar-refractivity contribution in [3.63, 3.8) is 0 Å². The molecule has 0 heterocycles. The predicted molar refractivity (Wildman–Crippen MR) is 51.0 cm³/mol. The highest BCUT2D eigenvalue weighted by Gasteiger charge is 2.40. The van der Waals surface area contributed by atoms with Crippen LogP contribution in [0.1, 0.15) is 25.7 Å². The van der Waals surface area contributed by atoms with Crippen molar-refractivity contribution in [3.8, 4) is 0 Å². The maximum atomic E-state index is 10.5. The summed E-state index contributed by atoms with van der Waals surface area (Å²) >= 11 is 0. The zero-order valence-electron chi connectivity index (χ0n) is 7.96. The highest BCUT2D eigenvalue weighted by Crippen LogP contribution is 2.48. The monoisotopic (exact) mass is 182 g/mol. The highest BCUT2D eigenvalue weighted by molar-refractivity contribution is 5.75. The second-order valence-electron chi connectivity index (χ2n) is 4.44. The molecule has 3 nitrogen and oxygen atoms in total. The summed E-state index contributed by atoms with van der Waals surface area (Å²) in [7, 11) is 0. The lowest BCUT2D eigenvalue weighted by Crippen LogP contribution is -2.33. The van der Waals surface area contributed by atoms with Crippen LogP contribution in [-0.4, -0.2) is 19.0 Å². The fraction of sp³-hybridized carbons (Fsp3) is 0.900. The number of primary amides is 1. The first-order valence-electron chi connectivity index (χ1n) is 5.26. The van der Waals surface area contributed by atoms with Crippen LogP contribution in [0, 0.1) is 17.8 Å². The van der Waals surface area contributed by atoms with Crippen molar-refractivity contribution in [1.29, 1.82) is 0 Å². The molecule has 2 aliphatic carbocycles. The van der Waals surface area contributed by atoms with E-state index in [0.29, 0.717) is 6.54 Å². The van der Waals surface area contributed by atoms with Gasteiger partial charge in [-0.1, -0.05) is 0 Å². The number of hydrogen-bond acceptors (Lipinski definition) is 2. The molecule has 2 aliphatic rings. The van der Waals surface area contributed by atoms with E-state index in [-0.39, 0.29) is 5.91 Å². The largest absolute Gasteiger partial charge is 0.369 e. The van der Waals surface area contributed by atoms with Gasteiger partial charge in [-0.3, -0.25) is 4.79 Å². The Morgan fingerprint density at radius 2 is 1.85 bits per heavy atom. The lowest BCUT2D eigenvalue weighted by Gasteiger charge is -2.15. The number of amides is 1. The van der Waals surface area contributed by atoms with Crippen molar-refractivity contribution in [2.24, 2.45) is 23.5 Å². The van der Waals surface area contributed by atoms with Gasteiger partial charge in [0, 0.05) is 0 Å². The molecule has 0 aromatic rings. The van der Waals surface area contributed by atoms with Gasteiger partial charge in [0.1, 0.15) is 0 Å². The molecule has 74 valence electrons. The van der Waals surface area contributed by atoms with Gasteiger partial charge in [0.05, 0.1) is 6.54 Å². The lowest BCUT2D eigenvalue weighted by atomic mass is 9.98. The first-order chi connectivity index (χ1) is 6.27. The molecule has 0 radical (unpaired) electrons. The minimum atomic E-state index is -0.245. The van der Waals surface area contributed by atoms with E-state index in [1.54, 1.807) is 0 Å². The molecule has 0 unspecified atom stereocenters. The molecule has 0 aromatic carbocycles. The molecule has 0 spiro atoms. The molecule has 0 bridgehead atoms. The molecular formula is C10H18N2O. The summed E-state index contributed by atoms with van der Waals surface area (Å²) < 4.78 is 0. The third-order valence-electron chi connectivity index (χ3n) is 3.13. The molecule has 0 atom stereocenters. The second kappa shape index (κ2) is 3.66. The summed E-state index contributed by atoms with van der Waals surface area (Å²) in [5.74, 6) is 2.49. The molecule has 0 aromatic heterocycles. The maximum Gasteiger partial charge on any atom is 0.231 e. The van der Waals surface area contributed by atoms with Crippen LogP contribution >= 0.6 is 0 Å². The van der Waals surface area contributed by atoms with Gasteiger partial charge in [-0.25, -0.2) is 0 Å². The fourth-order valence-electron chi connectivity index (χ4n) is 2.13. The average molecular weight is 182 g/mol. The number of hydrogen-bond donors (Lipinski definition) is 2. The van der Waals surface area contributed by atoms with Crippen molar-refractivity contribution in [1.82, 2.24) is 5.32 Å². The van der Waals surface area contributed by atoms with Crippen molar-refractivity contribution >= 4 is 5.91 Å². The SMILES string of the molecule is NC(=O)CNCC(C1CC1)C1CC1. The van der Waals surface area contributed by atoms with E-state index < -0.39 is 0 Å². The minimum absolute atomic E-state index is 0.245. The summed E-state index contributed by atoms with van der Waals surface area (Å²) in [5.41, 5.74) is 5.06. The van der Waals surface area contributed by atoms with E-state index >= 15 is 0 Å². The lowest BCUT2D eigenvalue weighted by molar-refractivity contribution is -0.117. The van der Waals surface area contributed by atoms with Gasteiger partial charge in [-0.05, 0) is 50.0 Å². The Morgan fingerprint density at radius 3 is 2.23 bits per heavy atom. The highest BCUT2D eigenvalue weighted by atomic mass is 16.1. The van der Waals surface area contributed by atoms with Crippen LogP contribution in [0.15, 0.2) is 0 Å². The van der Waals surface area contributed by atoms with Crippen molar-refractivity contribution in [2.45, 2.75) is 25.7 Å². The van der Waals surface area contributed by atoms with Gasteiger partial charge >= 0.3 is 0 Å². The fourth-order valence-corrected chi connectivity index (χ4v) is 2.13. The first-order valence-corrected chi connectivity index (χ1v) is 5.26. The maximum absolute atomic E-state index is 10.5. The van der Waals surface area contributed by atoms with E-state index in [1.165, 1.54) is 25.7 Å². The molecule has 3 N–H and O–H groups in total.